The van der Waals surface area contributed by atoms with Gasteiger partial charge < -0.3 is 20.3 Å². The molecule has 11 nitrogen and oxygen atoms in total. The molecule has 2 aromatic rings. The minimum Gasteiger partial charge on any atom is -0.495 e. The lowest BCUT2D eigenvalue weighted by molar-refractivity contribution is -0.119. The summed E-state index contributed by atoms with van der Waals surface area (Å²) in [5, 5.41) is 7.08. The Kier molecular flexibility index (Phi) is 8.87. The van der Waals surface area contributed by atoms with Crippen molar-refractivity contribution in [1.82, 2.24) is 19.6 Å². The van der Waals surface area contributed by atoms with Gasteiger partial charge in [0.05, 0.1) is 31.2 Å². The van der Waals surface area contributed by atoms with E-state index in [2.05, 4.69) is 30.2 Å². The van der Waals surface area contributed by atoms with Crippen LogP contribution in [0.1, 0.15) is 44.1 Å². The lowest BCUT2D eigenvalue weighted by atomic mass is 9.84. The molecule has 0 spiro atoms. The van der Waals surface area contributed by atoms with Gasteiger partial charge in [-0.25, -0.2) is 13.9 Å². The lowest BCUT2D eigenvalue weighted by Crippen LogP contribution is -2.39. The highest BCUT2D eigenvalue weighted by atomic mass is 35.5. The third-order valence-electron chi connectivity index (χ3n) is 7.79. The number of carbonyl (C=O) groups excluding carboxylic acids is 1. The van der Waals surface area contributed by atoms with Gasteiger partial charge in [-0.15, -0.1) is 0 Å². The largest absolute Gasteiger partial charge is 0.495 e. The van der Waals surface area contributed by atoms with Crippen LogP contribution in [0.15, 0.2) is 18.3 Å². The van der Waals surface area contributed by atoms with E-state index in [1.165, 1.54) is 12.8 Å². The maximum absolute atomic E-state index is 12.9. The third-order valence-corrected chi connectivity index (χ3v) is 8.48. The molecule has 0 saturated heterocycles. The van der Waals surface area contributed by atoms with Crippen LogP contribution in [-0.2, 0) is 22.6 Å². The Morgan fingerprint density at radius 3 is 2.74 bits per heavy atom. The summed E-state index contributed by atoms with van der Waals surface area (Å²) in [7, 11) is 3.42. The molecule has 1 aliphatic heterocycles. The smallest absolute Gasteiger partial charge is 0.240 e. The van der Waals surface area contributed by atoms with Gasteiger partial charge in [0.1, 0.15) is 10.8 Å². The fraction of sp³-hybridized carbons (Fsp3) is 0.577. The van der Waals surface area contributed by atoms with Crippen molar-refractivity contribution in [2.75, 3.05) is 49.3 Å². The van der Waals surface area contributed by atoms with Crippen LogP contribution in [0.25, 0.3) is 0 Å². The van der Waals surface area contributed by atoms with Crippen molar-refractivity contribution in [3.05, 3.63) is 28.9 Å². The number of halogens is 1. The van der Waals surface area contributed by atoms with Crippen LogP contribution in [0, 0.1) is 11.8 Å². The molecule has 1 amide bonds. The van der Waals surface area contributed by atoms with Crippen LogP contribution in [-0.4, -0.2) is 69.4 Å². The fourth-order valence-electron chi connectivity index (χ4n) is 5.48. The molecule has 2 aliphatic carbocycles. The number of nitrogens with one attached hydrogen (secondary N) is 3. The molecular weight excluding hydrogens is 542 g/mol. The molecule has 2 saturated carbocycles. The monoisotopic (exact) mass is 577 g/mol. The number of carbonyl (C=O) groups is 1. The molecule has 3 atom stereocenters. The van der Waals surface area contributed by atoms with Gasteiger partial charge >= 0.3 is 0 Å². The van der Waals surface area contributed by atoms with Crippen LogP contribution >= 0.6 is 11.6 Å². The summed E-state index contributed by atoms with van der Waals surface area (Å²) in [5.41, 5.74) is 2.50. The Balaban J connectivity index is 1.36. The van der Waals surface area contributed by atoms with Gasteiger partial charge in [-0.05, 0) is 55.2 Å². The number of ether oxygens (including phenoxy) is 1. The van der Waals surface area contributed by atoms with E-state index in [4.69, 9.17) is 20.9 Å². The van der Waals surface area contributed by atoms with Crippen molar-refractivity contribution in [3.8, 4) is 5.75 Å². The standard InChI is InChI=1S/C26H36ClN7O4S/c1-33-22-10-21(23(38-2)9-18(22)14-34(15-24(33)35)13-16-7-8-16)31-26-28-12-19(27)25(32-26)30-20-6-4-3-5-17(20)11-29-39(36)37/h9-10,12,16-17,20,29H,3-8,11,13-15H2,1-2H3,(H,36,37)(H2,28,30,31,32)/t17-,20-/m1/s1. The number of anilines is 4. The van der Waals surface area contributed by atoms with Crippen LogP contribution in [0.5, 0.6) is 5.75 Å². The molecular formula is C26H36ClN7O4S. The van der Waals surface area contributed by atoms with Gasteiger partial charge in [-0.1, -0.05) is 24.4 Å². The average molecular weight is 578 g/mol. The molecule has 0 bridgehead atoms. The van der Waals surface area contributed by atoms with Gasteiger partial charge in [0.25, 0.3) is 0 Å². The van der Waals surface area contributed by atoms with Gasteiger partial charge in [-0.2, -0.15) is 4.98 Å². The predicted molar refractivity (Wildman–Crippen MR) is 153 cm³/mol. The molecule has 1 aromatic heterocycles. The lowest BCUT2D eigenvalue weighted by Gasteiger charge is -2.32. The Labute approximate surface area is 236 Å². The summed E-state index contributed by atoms with van der Waals surface area (Å²) in [5.74, 6) is 2.37. The molecule has 0 radical (unpaired) electrons. The highest BCUT2D eigenvalue weighted by molar-refractivity contribution is 7.77. The molecule has 2 heterocycles. The molecule has 212 valence electrons. The predicted octanol–water partition coefficient (Wildman–Crippen LogP) is 3.77. The van der Waals surface area contributed by atoms with E-state index < -0.39 is 11.3 Å². The molecule has 1 unspecified atom stereocenters. The first-order chi connectivity index (χ1) is 18.8. The number of aromatic nitrogens is 2. The summed E-state index contributed by atoms with van der Waals surface area (Å²) in [6, 6.07) is 3.94. The number of rotatable bonds is 10. The second-order valence-corrected chi connectivity index (χ2v) is 11.8. The maximum Gasteiger partial charge on any atom is 0.240 e. The summed E-state index contributed by atoms with van der Waals surface area (Å²) >= 11 is 4.41. The topological polar surface area (TPSA) is 132 Å². The van der Waals surface area contributed by atoms with Crippen LogP contribution in [0.2, 0.25) is 5.02 Å². The van der Waals surface area contributed by atoms with Crippen molar-refractivity contribution < 1.29 is 18.3 Å². The molecule has 39 heavy (non-hydrogen) atoms. The number of methoxy groups -OCH3 is 1. The minimum absolute atomic E-state index is 0.0512. The second kappa shape index (κ2) is 12.3. The molecule has 2 fully saturated rings. The van der Waals surface area contributed by atoms with E-state index in [0.717, 1.165) is 43.5 Å². The summed E-state index contributed by atoms with van der Waals surface area (Å²) in [6.07, 6.45) is 7.98. The fourth-order valence-corrected chi connectivity index (χ4v) is 5.99. The van der Waals surface area contributed by atoms with E-state index in [9.17, 15) is 9.00 Å². The highest BCUT2D eigenvalue weighted by Crippen LogP contribution is 2.38. The van der Waals surface area contributed by atoms with Gasteiger partial charge in [0.2, 0.25) is 23.1 Å². The highest BCUT2D eigenvalue weighted by Gasteiger charge is 2.30. The first-order valence-corrected chi connectivity index (χ1v) is 14.9. The zero-order valence-electron chi connectivity index (χ0n) is 22.3. The molecule has 4 N–H and O–H groups in total. The Morgan fingerprint density at radius 1 is 1.21 bits per heavy atom. The van der Waals surface area contributed by atoms with Crippen molar-refractivity contribution in [3.63, 3.8) is 0 Å². The summed E-state index contributed by atoms with van der Waals surface area (Å²) < 4.78 is 28.6. The number of hydrogen-bond donors (Lipinski definition) is 4. The van der Waals surface area contributed by atoms with Crippen LogP contribution in [0.4, 0.5) is 23.1 Å². The van der Waals surface area contributed by atoms with Gasteiger partial charge in [0.15, 0.2) is 5.82 Å². The summed E-state index contributed by atoms with van der Waals surface area (Å²) in [6.45, 7) is 2.44. The Morgan fingerprint density at radius 2 is 2.00 bits per heavy atom. The quantitative estimate of drug-likeness (QED) is 0.312. The first-order valence-electron chi connectivity index (χ1n) is 13.4. The Hall–Kier alpha value is -2.51. The first kappa shape index (κ1) is 28.0. The summed E-state index contributed by atoms with van der Waals surface area (Å²) in [4.78, 5) is 25.9. The minimum atomic E-state index is -2.05. The number of likely N-dealkylation sites (N-methyl/N-ethyl adjacent to an activating group) is 1. The van der Waals surface area contributed by atoms with E-state index in [1.807, 2.05) is 12.1 Å². The second-order valence-electron chi connectivity index (χ2n) is 10.7. The maximum atomic E-state index is 12.9. The van der Waals surface area contributed by atoms with Crippen LogP contribution < -0.4 is 25.0 Å². The zero-order chi connectivity index (χ0) is 27.5. The number of hydrogen-bond acceptors (Lipinski definition) is 8. The van der Waals surface area contributed by atoms with Crippen molar-refractivity contribution in [2.45, 2.75) is 51.1 Å². The van der Waals surface area contributed by atoms with Crippen molar-refractivity contribution in [2.24, 2.45) is 11.8 Å². The van der Waals surface area contributed by atoms with E-state index >= 15 is 0 Å². The molecule has 13 heteroatoms. The molecule has 1 aromatic carbocycles. The van der Waals surface area contributed by atoms with Gasteiger partial charge in [0, 0.05) is 32.7 Å². The third kappa shape index (κ3) is 6.98. The van der Waals surface area contributed by atoms with Gasteiger partial charge in [-0.3, -0.25) is 14.2 Å². The Bertz CT molecular complexity index is 1230. The van der Waals surface area contributed by atoms with Crippen molar-refractivity contribution >= 4 is 51.9 Å². The zero-order valence-corrected chi connectivity index (χ0v) is 23.9. The van der Waals surface area contributed by atoms with E-state index in [-0.39, 0.29) is 17.9 Å². The number of amides is 1. The number of nitrogens with zero attached hydrogens (tertiary/aromatic N) is 4. The molecule has 3 aliphatic rings. The number of benzene rings is 1. The normalized spacial score (nSPS) is 22.7. The number of fused-ring (bicyclic) bond motifs is 1. The van der Waals surface area contributed by atoms with E-state index in [1.54, 1.807) is 25.3 Å². The SMILES string of the molecule is COc1cc2c(cc1Nc1ncc(Cl)c(N[C@@H]3CCCC[C@@H]3CNS(=O)O)n1)N(C)C(=O)CN(CC1CC1)C2. The van der Waals surface area contributed by atoms with Crippen LogP contribution in [0.3, 0.4) is 0 Å². The van der Waals surface area contributed by atoms with E-state index in [0.29, 0.717) is 53.8 Å². The average Bonchev–Trinajstić information content (AvgIpc) is 3.74. The molecule has 5 rings (SSSR count). The van der Waals surface area contributed by atoms with Crippen molar-refractivity contribution in [1.29, 1.82) is 0 Å².